The van der Waals surface area contributed by atoms with Crippen molar-refractivity contribution in [1.29, 1.82) is 0 Å². The summed E-state index contributed by atoms with van der Waals surface area (Å²) in [6.07, 6.45) is 12.2. The monoisotopic (exact) mass is 299 g/mol. The van der Waals surface area contributed by atoms with E-state index in [9.17, 15) is 0 Å². The van der Waals surface area contributed by atoms with E-state index in [1.807, 2.05) is 12.3 Å². The van der Waals surface area contributed by atoms with Gasteiger partial charge >= 0.3 is 0 Å². The Morgan fingerprint density at radius 3 is 2.82 bits per heavy atom. The van der Waals surface area contributed by atoms with Gasteiger partial charge in [0, 0.05) is 37.9 Å². The molecule has 0 bridgehead atoms. The van der Waals surface area contributed by atoms with Gasteiger partial charge in [0.05, 0.1) is 5.69 Å². The molecule has 3 nitrogen and oxygen atoms in total. The van der Waals surface area contributed by atoms with Crippen LogP contribution < -0.4 is 5.32 Å². The molecule has 1 fully saturated rings. The van der Waals surface area contributed by atoms with Crippen LogP contribution >= 0.6 is 0 Å². The number of hydrogen-bond donors (Lipinski definition) is 1. The highest BCUT2D eigenvalue weighted by Gasteiger charge is 2.22. The molecule has 0 saturated carbocycles. The van der Waals surface area contributed by atoms with Crippen LogP contribution in [0.1, 0.15) is 51.1 Å². The minimum atomic E-state index is 0.563. The highest BCUT2D eigenvalue weighted by Crippen LogP contribution is 2.21. The molecule has 0 spiro atoms. The number of piperidine rings is 1. The number of hydrogen-bond acceptors (Lipinski definition) is 3. The van der Waals surface area contributed by atoms with Gasteiger partial charge in [0.25, 0.3) is 0 Å². The van der Waals surface area contributed by atoms with Gasteiger partial charge in [0.15, 0.2) is 0 Å². The Labute approximate surface area is 134 Å². The minimum Gasteiger partial charge on any atom is -0.308 e. The summed E-state index contributed by atoms with van der Waals surface area (Å²) in [5, 5.41) is 3.86. The highest BCUT2D eigenvalue weighted by atomic mass is 15.1. The Kier molecular flexibility index (Phi) is 5.63. The molecule has 22 heavy (non-hydrogen) atoms. The summed E-state index contributed by atoms with van der Waals surface area (Å²) < 4.78 is 0. The summed E-state index contributed by atoms with van der Waals surface area (Å²) in [5.41, 5.74) is 2.83. The zero-order valence-corrected chi connectivity index (χ0v) is 13.8. The molecule has 1 aliphatic heterocycles. The maximum atomic E-state index is 4.44. The van der Waals surface area contributed by atoms with E-state index in [1.165, 1.54) is 57.3 Å². The quantitative estimate of drug-likeness (QED) is 0.843. The molecular weight excluding hydrogens is 270 g/mol. The lowest BCUT2D eigenvalue weighted by Crippen LogP contribution is -2.45. The van der Waals surface area contributed by atoms with E-state index in [0.717, 1.165) is 6.54 Å². The van der Waals surface area contributed by atoms with E-state index < -0.39 is 0 Å². The molecule has 3 rings (SSSR count). The third-order valence-electron chi connectivity index (χ3n) is 5.07. The molecule has 120 valence electrons. The fourth-order valence-corrected chi connectivity index (χ4v) is 3.70. The second-order valence-electron chi connectivity index (χ2n) is 6.78. The van der Waals surface area contributed by atoms with Crippen LogP contribution in [0.15, 0.2) is 36.0 Å². The van der Waals surface area contributed by atoms with Crippen molar-refractivity contribution in [3.05, 3.63) is 41.7 Å². The summed E-state index contributed by atoms with van der Waals surface area (Å²) in [4.78, 5) is 6.97. The molecule has 1 atom stereocenters. The van der Waals surface area contributed by atoms with Crippen molar-refractivity contribution >= 4 is 0 Å². The first-order valence-electron chi connectivity index (χ1n) is 8.88. The van der Waals surface area contributed by atoms with Crippen LogP contribution in [0.2, 0.25) is 0 Å². The molecule has 1 aromatic rings. The summed E-state index contributed by atoms with van der Waals surface area (Å²) in [7, 11) is 0. The first-order chi connectivity index (χ1) is 10.8. The van der Waals surface area contributed by atoms with Gasteiger partial charge in [-0.05, 0) is 57.6 Å². The fraction of sp³-hybridized carbons (Fsp3) is 0.632. The van der Waals surface area contributed by atoms with Gasteiger partial charge in [0.1, 0.15) is 0 Å². The van der Waals surface area contributed by atoms with Gasteiger partial charge in [-0.3, -0.25) is 9.88 Å². The molecule has 1 aliphatic carbocycles. The summed E-state index contributed by atoms with van der Waals surface area (Å²) >= 11 is 0. The zero-order chi connectivity index (χ0) is 15.2. The number of pyridine rings is 1. The molecule has 1 unspecified atom stereocenters. The van der Waals surface area contributed by atoms with E-state index in [1.54, 1.807) is 5.57 Å². The van der Waals surface area contributed by atoms with E-state index in [4.69, 9.17) is 0 Å². The predicted molar refractivity (Wildman–Crippen MR) is 91.7 cm³/mol. The van der Waals surface area contributed by atoms with Crippen molar-refractivity contribution in [1.82, 2.24) is 15.2 Å². The molecule has 2 aliphatic rings. The summed E-state index contributed by atoms with van der Waals surface area (Å²) in [6.45, 7) is 5.70. The average Bonchev–Trinajstić information content (AvgIpc) is 2.58. The van der Waals surface area contributed by atoms with Crippen molar-refractivity contribution in [3.63, 3.8) is 0 Å². The third-order valence-corrected chi connectivity index (χ3v) is 5.07. The Morgan fingerprint density at radius 1 is 1.27 bits per heavy atom. The SMILES string of the molecule is CC(NC1CCN(Cc2ccccn2)CC1)C1=CCCCC1. The van der Waals surface area contributed by atoms with Gasteiger partial charge in [-0.1, -0.05) is 17.7 Å². The molecule has 1 saturated heterocycles. The Bertz CT molecular complexity index is 475. The molecule has 0 radical (unpaired) electrons. The molecule has 1 aromatic heterocycles. The van der Waals surface area contributed by atoms with E-state index in [-0.39, 0.29) is 0 Å². The van der Waals surface area contributed by atoms with Gasteiger partial charge in [0.2, 0.25) is 0 Å². The van der Waals surface area contributed by atoms with Crippen LogP contribution in [0.5, 0.6) is 0 Å². The number of nitrogens with one attached hydrogen (secondary N) is 1. The first-order valence-corrected chi connectivity index (χ1v) is 8.88. The maximum Gasteiger partial charge on any atom is 0.0543 e. The van der Waals surface area contributed by atoms with Gasteiger partial charge in [-0.2, -0.15) is 0 Å². The van der Waals surface area contributed by atoms with Crippen LogP contribution in [-0.2, 0) is 6.54 Å². The minimum absolute atomic E-state index is 0.563. The van der Waals surface area contributed by atoms with E-state index in [0.29, 0.717) is 12.1 Å². The predicted octanol–water partition coefficient (Wildman–Crippen LogP) is 3.52. The Morgan fingerprint density at radius 2 is 2.14 bits per heavy atom. The van der Waals surface area contributed by atoms with Crippen molar-refractivity contribution in [3.8, 4) is 0 Å². The van der Waals surface area contributed by atoms with Crippen LogP contribution in [-0.4, -0.2) is 35.1 Å². The number of allylic oxidation sites excluding steroid dienone is 1. The lowest BCUT2D eigenvalue weighted by molar-refractivity contribution is 0.185. The van der Waals surface area contributed by atoms with Gasteiger partial charge < -0.3 is 5.32 Å². The lowest BCUT2D eigenvalue weighted by atomic mass is 9.93. The van der Waals surface area contributed by atoms with Crippen molar-refractivity contribution in [2.45, 2.75) is 64.1 Å². The van der Waals surface area contributed by atoms with Crippen LogP contribution in [0.25, 0.3) is 0 Å². The van der Waals surface area contributed by atoms with Crippen LogP contribution in [0.4, 0.5) is 0 Å². The number of nitrogens with zero attached hydrogens (tertiary/aromatic N) is 2. The summed E-state index contributed by atoms with van der Waals surface area (Å²) in [6, 6.07) is 7.43. The van der Waals surface area contributed by atoms with Crippen molar-refractivity contribution in [2.75, 3.05) is 13.1 Å². The molecule has 3 heteroatoms. The lowest BCUT2D eigenvalue weighted by Gasteiger charge is -2.34. The standard InChI is InChI=1S/C19H29N3/c1-16(17-7-3-2-4-8-17)21-18-10-13-22(14-11-18)15-19-9-5-6-12-20-19/h5-7,9,12,16,18,21H,2-4,8,10-11,13-15H2,1H3. The number of aromatic nitrogens is 1. The van der Waals surface area contributed by atoms with Gasteiger partial charge in [-0.15, -0.1) is 0 Å². The second-order valence-corrected chi connectivity index (χ2v) is 6.78. The fourth-order valence-electron chi connectivity index (χ4n) is 3.70. The van der Waals surface area contributed by atoms with E-state index in [2.05, 4.69) is 40.3 Å². The maximum absolute atomic E-state index is 4.44. The summed E-state index contributed by atoms with van der Waals surface area (Å²) in [5.74, 6) is 0. The molecule has 0 aromatic carbocycles. The molecule has 2 heterocycles. The molecule has 1 N–H and O–H groups in total. The largest absolute Gasteiger partial charge is 0.308 e. The average molecular weight is 299 g/mol. The Hall–Kier alpha value is -1.19. The van der Waals surface area contributed by atoms with Crippen LogP contribution in [0.3, 0.4) is 0 Å². The highest BCUT2D eigenvalue weighted by molar-refractivity contribution is 5.12. The Balaban J connectivity index is 1.42. The van der Waals surface area contributed by atoms with Gasteiger partial charge in [-0.25, -0.2) is 0 Å². The number of rotatable bonds is 5. The smallest absolute Gasteiger partial charge is 0.0543 e. The topological polar surface area (TPSA) is 28.2 Å². The third kappa shape index (κ3) is 4.40. The molecular formula is C19H29N3. The normalized spacial score (nSPS) is 22.3. The van der Waals surface area contributed by atoms with Crippen molar-refractivity contribution in [2.24, 2.45) is 0 Å². The first kappa shape index (κ1) is 15.7. The van der Waals surface area contributed by atoms with Crippen LogP contribution in [0, 0.1) is 0 Å². The van der Waals surface area contributed by atoms with Crippen molar-refractivity contribution < 1.29 is 0 Å². The van der Waals surface area contributed by atoms with E-state index >= 15 is 0 Å². The molecule has 0 amide bonds. The number of likely N-dealkylation sites (tertiary alicyclic amines) is 1. The zero-order valence-electron chi connectivity index (χ0n) is 13.8. The second kappa shape index (κ2) is 7.89.